The molecule has 1 aromatic carbocycles. The summed E-state index contributed by atoms with van der Waals surface area (Å²) in [4.78, 5) is 16.8. The maximum Gasteiger partial charge on any atom is 0.261 e. The van der Waals surface area contributed by atoms with Gasteiger partial charge in [0.15, 0.2) is 6.10 Å². The van der Waals surface area contributed by atoms with E-state index in [1.807, 2.05) is 40.9 Å². The van der Waals surface area contributed by atoms with Crippen LogP contribution in [0.2, 0.25) is 5.02 Å². The predicted octanol–water partition coefficient (Wildman–Crippen LogP) is 4.37. The lowest BCUT2D eigenvalue weighted by Crippen LogP contribution is -2.36. The zero-order chi connectivity index (χ0) is 19.6. The van der Waals surface area contributed by atoms with Crippen LogP contribution in [0.5, 0.6) is 5.75 Å². The zero-order valence-corrected chi connectivity index (χ0v) is 16.7. The molecule has 0 aliphatic rings. The number of carbonyl (C=O) groups excluding carboxylic acids is 1. The Morgan fingerprint density at radius 1 is 1.19 bits per heavy atom. The Balaban J connectivity index is 1.57. The highest BCUT2D eigenvalue weighted by molar-refractivity contribution is 6.30. The summed E-state index contributed by atoms with van der Waals surface area (Å²) in [5.74, 6) is 0.484. The topological polar surface area (TPSA) is 55.6 Å². The van der Waals surface area contributed by atoms with Crippen LogP contribution < -0.4 is 10.1 Å². The fourth-order valence-corrected chi connectivity index (χ4v) is 2.88. The number of amides is 1. The van der Waals surface area contributed by atoms with E-state index >= 15 is 0 Å². The van der Waals surface area contributed by atoms with Gasteiger partial charge in [-0.3, -0.25) is 4.79 Å². The van der Waals surface area contributed by atoms with Gasteiger partial charge in [-0.2, -0.15) is 0 Å². The second-order valence-electron chi connectivity index (χ2n) is 7.60. The van der Waals surface area contributed by atoms with Crippen LogP contribution in [0.3, 0.4) is 0 Å². The van der Waals surface area contributed by atoms with Crippen LogP contribution in [-0.2, 0) is 16.8 Å². The number of ether oxygens (including phenoxy) is 1. The molecular formula is C21H24ClN3O2. The highest BCUT2D eigenvalue weighted by Crippen LogP contribution is 2.24. The van der Waals surface area contributed by atoms with E-state index in [0.717, 1.165) is 11.3 Å². The van der Waals surface area contributed by atoms with Crippen LogP contribution in [0.4, 0.5) is 0 Å². The minimum absolute atomic E-state index is 0.0832. The van der Waals surface area contributed by atoms with E-state index in [0.29, 0.717) is 17.3 Å². The average molecular weight is 386 g/mol. The molecule has 1 N–H and O–H groups in total. The molecule has 0 saturated heterocycles. The van der Waals surface area contributed by atoms with Crippen molar-refractivity contribution in [2.24, 2.45) is 0 Å². The van der Waals surface area contributed by atoms with Crippen molar-refractivity contribution >= 4 is 23.2 Å². The Morgan fingerprint density at radius 3 is 2.56 bits per heavy atom. The molecule has 27 heavy (non-hydrogen) atoms. The fourth-order valence-electron chi connectivity index (χ4n) is 2.71. The minimum atomic E-state index is -0.600. The third-order valence-corrected chi connectivity index (χ3v) is 4.53. The van der Waals surface area contributed by atoms with Gasteiger partial charge in [-0.25, -0.2) is 4.98 Å². The Hall–Kier alpha value is -2.53. The van der Waals surface area contributed by atoms with Gasteiger partial charge in [-0.1, -0.05) is 44.5 Å². The van der Waals surface area contributed by atoms with Crippen LogP contribution in [0.15, 0.2) is 48.8 Å². The van der Waals surface area contributed by atoms with Gasteiger partial charge in [0.25, 0.3) is 5.91 Å². The summed E-state index contributed by atoms with van der Waals surface area (Å²) in [7, 11) is 0. The summed E-state index contributed by atoms with van der Waals surface area (Å²) in [6.45, 7) is 8.54. The number of aromatic nitrogens is 2. The van der Waals surface area contributed by atoms with E-state index < -0.39 is 6.10 Å². The molecule has 5 nitrogen and oxygen atoms in total. The van der Waals surface area contributed by atoms with Crippen molar-refractivity contribution in [2.45, 2.75) is 45.8 Å². The molecule has 2 heterocycles. The molecular weight excluding hydrogens is 362 g/mol. The second kappa shape index (κ2) is 7.61. The van der Waals surface area contributed by atoms with Crippen LogP contribution in [0.1, 0.15) is 39.0 Å². The lowest BCUT2D eigenvalue weighted by Gasteiger charge is -2.20. The second-order valence-corrected chi connectivity index (χ2v) is 8.03. The molecule has 0 radical (unpaired) electrons. The quantitative estimate of drug-likeness (QED) is 0.709. The number of hydrogen-bond acceptors (Lipinski definition) is 3. The first kappa shape index (κ1) is 19.2. The molecule has 0 aliphatic heterocycles. The first-order valence-corrected chi connectivity index (χ1v) is 9.28. The number of hydrogen-bond donors (Lipinski definition) is 1. The van der Waals surface area contributed by atoms with E-state index in [9.17, 15) is 4.79 Å². The predicted molar refractivity (Wildman–Crippen MR) is 107 cm³/mol. The molecule has 0 spiro atoms. The van der Waals surface area contributed by atoms with Crippen molar-refractivity contribution in [3.8, 4) is 5.75 Å². The lowest BCUT2D eigenvalue weighted by molar-refractivity contribution is -0.127. The van der Waals surface area contributed by atoms with Gasteiger partial charge in [-0.15, -0.1) is 0 Å². The molecule has 0 bridgehead atoms. The number of benzene rings is 1. The highest BCUT2D eigenvalue weighted by Gasteiger charge is 2.17. The molecule has 1 unspecified atom stereocenters. The van der Waals surface area contributed by atoms with Crippen molar-refractivity contribution < 1.29 is 9.53 Å². The number of rotatable bonds is 5. The van der Waals surface area contributed by atoms with Gasteiger partial charge in [0, 0.05) is 12.4 Å². The zero-order valence-electron chi connectivity index (χ0n) is 16.0. The summed E-state index contributed by atoms with van der Waals surface area (Å²) in [5.41, 5.74) is 2.85. The SMILES string of the molecule is CC(Oc1ccc(C(C)(C)C)cc1)C(=O)NCc1cn2cc(Cl)ccc2n1. The van der Waals surface area contributed by atoms with E-state index in [1.54, 1.807) is 19.2 Å². The Labute approximate surface area is 164 Å². The van der Waals surface area contributed by atoms with Gasteiger partial charge in [0.05, 0.1) is 17.3 Å². The third kappa shape index (κ3) is 4.80. The Kier molecular flexibility index (Phi) is 5.42. The van der Waals surface area contributed by atoms with Crippen molar-refractivity contribution in [3.05, 3.63) is 65.1 Å². The van der Waals surface area contributed by atoms with Crippen molar-refractivity contribution in [1.29, 1.82) is 0 Å². The average Bonchev–Trinajstić information content (AvgIpc) is 3.01. The number of carbonyl (C=O) groups is 1. The largest absolute Gasteiger partial charge is 0.481 e. The van der Waals surface area contributed by atoms with E-state index in [-0.39, 0.29) is 11.3 Å². The van der Waals surface area contributed by atoms with Gasteiger partial charge in [0.1, 0.15) is 11.4 Å². The first-order chi connectivity index (χ1) is 12.7. The van der Waals surface area contributed by atoms with Gasteiger partial charge >= 0.3 is 0 Å². The molecule has 3 rings (SSSR count). The van der Waals surface area contributed by atoms with E-state index in [4.69, 9.17) is 16.3 Å². The van der Waals surface area contributed by atoms with E-state index in [1.165, 1.54) is 5.56 Å². The molecule has 3 aromatic rings. The Bertz CT molecular complexity index is 942. The lowest BCUT2D eigenvalue weighted by atomic mass is 9.87. The fraction of sp³-hybridized carbons (Fsp3) is 0.333. The van der Waals surface area contributed by atoms with Crippen LogP contribution >= 0.6 is 11.6 Å². The summed E-state index contributed by atoms with van der Waals surface area (Å²) in [6, 6.07) is 11.5. The number of fused-ring (bicyclic) bond motifs is 1. The maximum atomic E-state index is 12.3. The molecule has 0 aliphatic carbocycles. The monoisotopic (exact) mass is 385 g/mol. The number of imidazole rings is 1. The van der Waals surface area contributed by atoms with Gasteiger partial charge < -0.3 is 14.5 Å². The maximum absolute atomic E-state index is 12.3. The third-order valence-electron chi connectivity index (χ3n) is 4.31. The molecule has 142 valence electrons. The summed E-state index contributed by atoms with van der Waals surface area (Å²) < 4.78 is 7.59. The molecule has 0 fully saturated rings. The normalized spacial score (nSPS) is 12.8. The van der Waals surface area contributed by atoms with Gasteiger partial charge in [-0.05, 0) is 42.2 Å². The summed E-state index contributed by atoms with van der Waals surface area (Å²) in [6.07, 6.45) is 3.03. The summed E-state index contributed by atoms with van der Waals surface area (Å²) >= 11 is 5.97. The van der Waals surface area contributed by atoms with E-state index in [2.05, 4.69) is 31.1 Å². The van der Waals surface area contributed by atoms with Crippen molar-refractivity contribution in [3.63, 3.8) is 0 Å². The van der Waals surface area contributed by atoms with Crippen LogP contribution in [0, 0.1) is 0 Å². The van der Waals surface area contributed by atoms with Gasteiger partial charge in [0.2, 0.25) is 0 Å². The van der Waals surface area contributed by atoms with Crippen molar-refractivity contribution in [1.82, 2.24) is 14.7 Å². The molecule has 0 saturated carbocycles. The number of pyridine rings is 1. The van der Waals surface area contributed by atoms with Crippen LogP contribution in [-0.4, -0.2) is 21.4 Å². The molecule has 1 atom stereocenters. The summed E-state index contributed by atoms with van der Waals surface area (Å²) in [5, 5.41) is 3.49. The molecule has 1 amide bonds. The van der Waals surface area contributed by atoms with Crippen LogP contribution in [0.25, 0.3) is 5.65 Å². The van der Waals surface area contributed by atoms with Crippen molar-refractivity contribution in [2.75, 3.05) is 0 Å². The smallest absolute Gasteiger partial charge is 0.261 e. The standard InChI is InChI=1S/C21H24ClN3O2/c1-14(27-18-8-5-15(6-9-18)21(2,3)4)20(26)23-11-17-13-25-12-16(22)7-10-19(25)24-17/h5-10,12-14H,11H2,1-4H3,(H,23,26). The highest BCUT2D eigenvalue weighted by atomic mass is 35.5. The number of halogens is 1. The number of nitrogens with zero attached hydrogens (tertiary/aromatic N) is 2. The molecule has 2 aromatic heterocycles. The minimum Gasteiger partial charge on any atom is -0.481 e. The Morgan fingerprint density at radius 2 is 1.89 bits per heavy atom. The molecule has 6 heteroatoms. The number of nitrogens with one attached hydrogen (secondary N) is 1. The first-order valence-electron chi connectivity index (χ1n) is 8.90.